The highest BCUT2D eigenvalue weighted by atomic mass is 16.6. The topological polar surface area (TPSA) is 145 Å². The zero-order chi connectivity index (χ0) is 32.7. The van der Waals surface area contributed by atoms with Gasteiger partial charge < -0.3 is 24.3 Å². The Morgan fingerprint density at radius 3 is 2.25 bits per heavy atom. The van der Waals surface area contributed by atoms with Crippen LogP contribution >= 0.6 is 0 Å². The van der Waals surface area contributed by atoms with Gasteiger partial charge in [0.15, 0.2) is 0 Å². The molecule has 12 heteroatoms. The number of nitrogens with one attached hydrogen (secondary N) is 2. The van der Waals surface area contributed by atoms with Gasteiger partial charge in [0.2, 0.25) is 0 Å². The van der Waals surface area contributed by atoms with Crippen LogP contribution in [-0.4, -0.2) is 60.2 Å². The minimum absolute atomic E-state index is 0.0622. The summed E-state index contributed by atoms with van der Waals surface area (Å²) in [5.41, 5.74) is 0.709. The number of benzene rings is 1. The quantitative estimate of drug-likeness (QED) is 0.225. The lowest BCUT2D eigenvalue weighted by atomic mass is 9.97. The molecule has 2 N–H and O–H groups in total. The van der Waals surface area contributed by atoms with Gasteiger partial charge in [0.25, 0.3) is 0 Å². The van der Waals surface area contributed by atoms with E-state index in [1.165, 1.54) is 12.0 Å². The van der Waals surface area contributed by atoms with Crippen molar-refractivity contribution in [2.75, 3.05) is 23.9 Å². The van der Waals surface area contributed by atoms with Crippen LogP contribution in [-0.2, 0) is 23.7 Å². The van der Waals surface area contributed by atoms with Gasteiger partial charge >= 0.3 is 24.2 Å². The van der Waals surface area contributed by atoms with Crippen molar-refractivity contribution < 1.29 is 38.1 Å². The number of hydrogen-bond acceptors (Lipinski definition) is 9. The monoisotopic (exact) mass is 610 g/mol. The van der Waals surface area contributed by atoms with Crippen molar-refractivity contribution >= 4 is 35.6 Å². The summed E-state index contributed by atoms with van der Waals surface area (Å²) in [5, 5.41) is 5.51. The van der Waals surface area contributed by atoms with E-state index in [-0.39, 0.29) is 18.7 Å². The Morgan fingerprint density at radius 2 is 1.61 bits per heavy atom. The molecule has 0 spiro atoms. The first-order valence-corrected chi connectivity index (χ1v) is 14.4. The predicted molar refractivity (Wildman–Crippen MR) is 165 cm³/mol. The van der Waals surface area contributed by atoms with Gasteiger partial charge in [-0.25, -0.2) is 19.2 Å². The summed E-state index contributed by atoms with van der Waals surface area (Å²) in [6, 6.07) is 6.75. The number of aromatic nitrogens is 1. The number of anilines is 2. The molecule has 0 saturated heterocycles. The number of methoxy groups -OCH3 is 1. The maximum absolute atomic E-state index is 13.9. The van der Waals surface area contributed by atoms with E-state index in [1.54, 1.807) is 97.1 Å². The van der Waals surface area contributed by atoms with Crippen molar-refractivity contribution in [3.8, 4) is 11.1 Å². The fourth-order valence-electron chi connectivity index (χ4n) is 4.44. The molecule has 1 aliphatic heterocycles. The molecule has 2 atom stereocenters. The lowest BCUT2D eigenvalue weighted by Crippen LogP contribution is -2.48. The molecule has 238 valence electrons. The summed E-state index contributed by atoms with van der Waals surface area (Å²) in [4.78, 5) is 58.0. The van der Waals surface area contributed by atoms with Gasteiger partial charge in [-0.05, 0) is 91.1 Å². The summed E-state index contributed by atoms with van der Waals surface area (Å²) in [6.07, 6.45) is 3.42. The summed E-state index contributed by atoms with van der Waals surface area (Å²) in [6.45, 7) is 12.3. The average Bonchev–Trinajstić information content (AvgIpc) is 2.91. The third-order valence-electron chi connectivity index (χ3n) is 6.19. The second-order valence-electron chi connectivity index (χ2n) is 12.1. The van der Waals surface area contributed by atoms with Crippen LogP contribution in [0.25, 0.3) is 11.1 Å². The van der Waals surface area contributed by atoms with Crippen molar-refractivity contribution in [1.29, 1.82) is 0 Å². The van der Waals surface area contributed by atoms with Gasteiger partial charge in [-0.1, -0.05) is 18.2 Å². The van der Waals surface area contributed by atoms with E-state index in [4.69, 9.17) is 18.9 Å². The SMILES string of the molecule is CCOC(=O)C1C/C=C/CC(NC(=O)OC(C)(C)C)c2cc(ccn2)-c2ccc(NC(=O)OC)cc2N1C(=O)OC(C)(C)C. The maximum atomic E-state index is 13.9. The van der Waals surface area contributed by atoms with Crippen LogP contribution < -0.4 is 15.5 Å². The Hall–Kier alpha value is -4.61. The van der Waals surface area contributed by atoms with Gasteiger partial charge in [-0.3, -0.25) is 15.2 Å². The van der Waals surface area contributed by atoms with Crippen LogP contribution in [0, 0.1) is 0 Å². The first kappa shape index (κ1) is 33.9. The molecule has 2 bridgehead atoms. The molecule has 1 aromatic heterocycles. The summed E-state index contributed by atoms with van der Waals surface area (Å²) < 4.78 is 21.4. The van der Waals surface area contributed by atoms with Gasteiger partial charge in [0, 0.05) is 17.4 Å². The first-order valence-electron chi connectivity index (χ1n) is 14.4. The Labute approximate surface area is 258 Å². The Bertz CT molecular complexity index is 1390. The van der Waals surface area contributed by atoms with E-state index in [0.29, 0.717) is 28.9 Å². The van der Waals surface area contributed by atoms with E-state index >= 15 is 0 Å². The number of hydrogen-bond donors (Lipinski definition) is 2. The number of alkyl carbamates (subject to hydrolysis) is 1. The van der Waals surface area contributed by atoms with Crippen LogP contribution in [0.15, 0.2) is 48.7 Å². The van der Waals surface area contributed by atoms with Crippen LogP contribution in [0.1, 0.15) is 73.0 Å². The molecule has 3 amide bonds. The summed E-state index contributed by atoms with van der Waals surface area (Å²) >= 11 is 0. The number of carbonyl (C=O) groups excluding carboxylic acids is 4. The largest absolute Gasteiger partial charge is 0.464 e. The number of ether oxygens (including phenoxy) is 4. The highest BCUT2D eigenvalue weighted by molar-refractivity contribution is 6.01. The molecule has 3 rings (SSSR count). The molecule has 0 radical (unpaired) electrons. The molecule has 12 nitrogen and oxygen atoms in total. The lowest BCUT2D eigenvalue weighted by molar-refractivity contribution is -0.144. The fraction of sp³-hybridized carbons (Fsp3) is 0.469. The van der Waals surface area contributed by atoms with Gasteiger partial charge in [-0.15, -0.1) is 0 Å². The molecule has 2 aromatic rings. The number of nitrogens with zero attached hydrogens (tertiary/aromatic N) is 2. The molecule has 1 aliphatic rings. The summed E-state index contributed by atoms with van der Waals surface area (Å²) in [7, 11) is 1.24. The molecule has 0 fully saturated rings. The standard InChI is InChI=1S/C32H42N4O8/c1-9-42-27(37)25-13-11-10-12-23(35-29(39)43-31(2,3)4)24-18-20(16-17-33-24)22-15-14-21(34-28(38)41-8)19-26(22)36(25)30(40)44-32(5,6)7/h10-11,14-19,23,25H,9,12-13H2,1-8H3,(H,34,38)(H,35,39)/b11-10+. The smallest absolute Gasteiger partial charge is 0.415 e. The fourth-order valence-corrected chi connectivity index (χ4v) is 4.44. The molecule has 1 aromatic carbocycles. The van der Waals surface area contributed by atoms with Crippen LogP contribution in [0.3, 0.4) is 0 Å². The second-order valence-corrected chi connectivity index (χ2v) is 12.1. The number of amides is 3. The van der Waals surface area contributed by atoms with Crippen LogP contribution in [0.5, 0.6) is 0 Å². The third kappa shape index (κ3) is 9.45. The lowest BCUT2D eigenvalue weighted by Gasteiger charge is -2.33. The molecule has 44 heavy (non-hydrogen) atoms. The van der Waals surface area contributed by atoms with E-state index in [1.807, 2.05) is 0 Å². The summed E-state index contributed by atoms with van der Waals surface area (Å²) in [5.74, 6) is -0.642. The molecule has 0 saturated carbocycles. The number of carbonyl (C=O) groups is 4. The minimum Gasteiger partial charge on any atom is -0.464 e. The molecular formula is C32H42N4O8. The highest BCUT2D eigenvalue weighted by Crippen LogP contribution is 2.38. The minimum atomic E-state index is -1.13. The van der Waals surface area contributed by atoms with Gasteiger partial charge in [0.05, 0.1) is 31.1 Å². The molecule has 2 heterocycles. The second kappa shape index (κ2) is 14.2. The number of fused-ring (bicyclic) bond motifs is 4. The predicted octanol–water partition coefficient (Wildman–Crippen LogP) is 6.52. The molecular weight excluding hydrogens is 568 g/mol. The Kier molecular flexibility index (Phi) is 11.0. The number of rotatable bonds is 4. The van der Waals surface area contributed by atoms with E-state index in [2.05, 4.69) is 15.6 Å². The van der Waals surface area contributed by atoms with Crippen molar-refractivity contribution in [1.82, 2.24) is 10.3 Å². The van der Waals surface area contributed by atoms with Crippen LogP contribution in [0.2, 0.25) is 0 Å². The first-order chi connectivity index (χ1) is 20.6. The van der Waals surface area contributed by atoms with Crippen molar-refractivity contribution in [3.05, 3.63) is 54.4 Å². The van der Waals surface area contributed by atoms with Crippen molar-refractivity contribution in [3.63, 3.8) is 0 Å². The van der Waals surface area contributed by atoms with E-state index in [0.717, 1.165) is 0 Å². The zero-order valence-corrected chi connectivity index (χ0v) is 26.6. The normalized spacial score (nSPS) is 17.5. The number of esters is 1. The van der Waals surface area contributed by atoms with Gasteiger partial charge in [-0.2, -0.15) is 0 Å². The number of pyridine rings is 1. The van der Waals surface area contributed by atoms with E-state index < -0.39 is 47.5 Å². The van der Waals surface area contributed by atoms with E-state index in [9.17, 15) is 19.2 Å². The Morgan fingerprint density at radius 1 is 0.932 bits per heavy atom. The highest BCUT2D eigenvalue weighted by Gasteiger charge is 2.37. The third-order valence-corrected chi connectivity index (χ3v) is 6.19. The van der Waals surface area contributed by atoms with Crippen molar-refractivity contribution in [2.24, 2.45) is 0 Å². The maximum Gasteiger partial charge on any atom is 0.415 e. The average molecular weight is 611 g/mol. The van der Waals surface area contributed by atoms with Crippen molar-refractivity contribution in [2.45, 2.75) is 84.6 Å². The zero-order valence-electron chi connectivity index (χ0n) is 26.6. The molecule has 2 unspecified atom stereocenters. The molecule has 0 aliphatic carbocycles. The van der Waals surface area contributed by atoms with Gasteiger partial charge in [0.1, 0.15) is 17.2 Å². The Balaban J connectivity index is 2.27. The van der Waals surface area contributed by atoms with Crippen LogP contribution in [0.4, 0.5) is 25.8 Å².